The monoisotopic (exact) mass is 284 g/mol. The minimum Gasteiger partial charge on any atom is -0.340 e. The Morgan fingerprint density at radius 1 is 1.30 bits per heavy atom. The fourth-order valence-corrected chi connectivity index (χ4v) is 1.93. The van der Waals surface area contributed by atoms with E-state index in [4.69, 9.17) is 5.84 Å². The summed E-state index contributed by atoms with van der Waals surface area (Å²) in [6.07, 6.45) is -0.391. The van der Waals surface area contributed by atoms with Crippen LogP contribution in [0.25, 0.3) is 0 Å². The molecule has 108 valence electrons. The van der Waals surface area contributed by atoms with Gasteiger partial charge < -0.3 is 4.57 Å². The number of hydrogen-bond acceptors (Lipinski definition) is 3. The number of aryl methyl sites for hydroxylation is 1. The molecule has 0 aliphatic heterocycles. The second kappa shape index (κ2) is 5.64. The van der Waals surface area contributed by atoms with Gasteiger partial charge in [-0.1, -0.05) is 12.1 Å². The van der Waals surface area contributed by atoms with Crippen molar-refractivity contribution in [2.24, 2.45) is 12.9 Å². The Bertz CT molecular complexity index is 560. The fourth-order valence-electron chi connectivity index (χ4n) is 1.93. The Kier molecular flexibility index (Phi) is 4.10. The van der Waals surface area contributed by atoms with Crippen molar-refractivity contribution >= 4 is 0 Å². The summed E-state index contributed by atoms with van der Waals surface area (Å²) in [7, 11) is 1.84. The molecule has 3 N–H and O–H groups in total. The first-order valence-electron chi connectivity index (χ1n) is 6.00. The average molecular weight is 284 g/mol. The molecule has 0 aliphatic carbocycles. The summed E-state index contributed by atoms with van der Waals surface area (Å²) >= 11 is 0. The van der Waals surface area contributed by atoms with E-state index < -0.39 is 11.7 Å². The molecule has 0 amide bonds. The highest BCUT2D eigenvalue weighted by molar-refractivity contribution is 5.26. The average Bonchev–Trinajstić information content (AvgIpc) is 2.82. The number of rotatable bonds is 4. The SMILES string of the molecule is Cn1cnc(C(Cc2ccc(C(F)(F)F)cc2)NN)c1. The van der Waals surface area contributed by atoms with Gasteiger partial charge in [0, 0.05) is 13.2 Å². The van der Waals surface area contributed by atoms with Crippen LogP contribution in [0, 0.1) is 0 Å². The van der Waals surface area contributed by atoms with Crippen LogP contribution >= 0.6 is 0 Å². The summed E-state index contributed by atoms with van der Waals surface area (Å²) in [5.41, 5.74) is 3.47. The lowest BCUT2D eigenvalue weighted by Gasteiger charge is -2.14. The van der Waals surface area contributed by atoms with Crippen LogP contribution in [0.3, 0.4) is 0 Å². The van der Waals surface area contributed by atoms with E-state index in [-0.39, 0.29) is 6.04 Å². The maximum absolute atomic E-state index is 12.5. The molecule has 4 nitrogen and oxygen atoms in total. The van der Waals surface area contributed by atoms with Gasteiger partial charge in [0.25, 0.3) is 0 Å². The van der Waals surface area contributed by atoms with E-state index in [1.807, 2.05) is 13.2 Å². The number of nitrogens with two attached hydrogens (primary N) is 1. The molecule has 0 saturated carbocycles. The van der Waals surface area contributed by atoms with Crippen molar-refractivity contribution in [3.63, 3.8) is 0 Å². The van der Waals surface area contributed by atoms with Crippen LogP contribution in [0.2, 0.25) is 0 Å². The standard InChI is InChI=1S/C13H15F3N4/c1-20-7-12(18-8-20)11(19-17)6-9-2-4-10(5-3-9)13(14,15)16/h2-5,7-8,11,19H,6,17H2,1H3. The van der Waals surface area contributed by atoms with Crippen LogP contribution in [-0.4, -0.2) is 9.55 Å². The zero-order valence-corrected chi connectivity index (χ0v) is 10.9. The predicted octanol–water partition coefficient (Wildman–Crippen LogP) is 2.19. The molecule has 7 heteroatoms. The zero-order chi connectivity index (χ0) is 14.8. The molecule has 1 aromatic heterocycles. The second-order valence-electron chi connectivity index (χ2n) is 4.58. The van der Waals surface area contributed by atoms with Crippen LogP contribution in [0.5, 0.6) is 0 Å². The third-order valence-corrected chi connectivity index (χ3v) is 3.00. The quantitative estimate of drug-likeness (QED) is 0.668. The number of nitrogens with zero attached hydrogens (tertiary/aromatic N) is 2. The number of imidazole rings is 1. The van der Waals surface area contributed by atoms with Crippen LogP contribution in [0.4, 0.5) is 13.2 Å². The normalized spacial score (nSPS) is 13.4. The lowest BCUT2D eigenvalue weighted by Crippen LogP contribution is -2.29. The molecule has 0 bridgehead atoms. The van der Waals surface area contributed by atoms with Crippen LogP contribution in [-0.2, 0) is 19.6 Å². The molecule has 2 rings (SSSR count). The number of hydrazine groups is 1. The van der Waals surface area contributed by atoms with Gasteiger partial charge in [0.05, 0.1) is 23.6 Å². The molecular weight excluding hydrogens is 269 g/mol. The fraction of sp³-hybridized carbons (Fsp3) is 0.308. The van der Waals surface area contributed by atoms with Crippen LogP contribution in [0.15, 0.2) is 36.8 Å². The highest BCUT2D eigenvalue weighted by atomic mass is 19.4. The molecular formula is C13H15F3N4. The summed E-state index contributed by atoms with van der Waals surface area (Å²) < 4.78 is 39.2. The van der Waals surface area contributed by atoms with E-state index in [0.29, 0.717) is 6.42 Å². The predicted molar refractivity (Wildman–Crippen MR) is 68.4 cm³/mol. The maximum atomic E-state index is 12.5. The van der Waals surface area contributed by atoms with Gasteiger partial charge in [0.15, 0.2) is 0 Å². The van der Waals surface area contributed by atoms with Crippen molar-refractivity contribution in [3.8, 4) is 0 Å². The summed E-state index contributed by atoms with van der Waals surface area (Å²) in [5.74, 6) is 5.48. The number of nitrogens with one attached hydrogen (secondary N) is 1. The largest absolute Gasteiger partial charge is 0.416 e. The number of halogens is 3. The van der Waals surface area contributed by atoms with Crippen molar-refractivity contribution in [1.82, 2.24) is 15.0 Å². The van der Waals surface area contributed by atoms with Crippen LogP contribution in [0.1, 0.15) is 22.9 Å². The Morgan fingerprint density at radius 3 is 2.40 bits per heavy atom. The molecule has 20 heavy (non-hydrogen) atoms. The summed E-state index contributed by atoms with van der Waals surface area (Å²) in [5, 5.41) is 0. The van der Waals surface area contributed by atoms with E-state index in [9.17, 15) is 13.2 Å². The van der Waals surface area contributed by atoms with Crippen LogP contribution < -0.4 is 11.3 Å². The van der Waals surface area contributed by atoms with Gasteiger partial charge in [-0.25, -0.2) is 4.98 Å². The first-order chi connectivity index (χ1) is 9.40. The Hall–Kier alpha value is -1.86. The number of hydrogen-bond donors (Lipinski definition) is 2. The third-order valence-electron chi connectivity index (χ3n) is 3.00. The summed E-state index contributed by atoms with van der Waals surface area (Å²) in [6.45, 7) is 0. The molecule has 0 saturated heterocycles. The minimum absolute atomic E-state index is 0.243. The molecule has 0 aliphatic rings. The highest BCUT2D eigenvalue weighted by Gasteiger charge is 2.30. The summed E-state index contributed by atoms with van der Waals surface area (Å²) in [6, 6.07) is 4.81. The van der Waals surface area contributed by atoms with Crippen molar-refractivity contribution in [3.05, 3.63) is 53.6 Å². The van der Waals surface area contributed by atoms with Crippen molar-refractivity contribution in [2.75, 3.05) is 0 Å². The molecule has 1 aromatic carbocycles. The molecule has 1 unspecified atom stereocenters. The van der Waals surface area contributed by atoms with Gasteiger partial charge in [-0.3, -0.25) is 11.3 Å². The minimum atomic E-state index is -4.31. The van der Waals surface area contributed by atoms with E-state index in [0.717, 1.165) is 23.4 Å². The van der Waals surface area contributed by atoms with E-state index >= 15 is 0 Å². The number of aromatic nitrogens is 2. The maximum Gasteiger partial charge on any atom is 0.416 e. The topological polar surface area (TPSA) is 55.9 Å². The number of alkyl halides is 3. The van der Waals surface area contributed by atoms with Gasteiger partial charge in [0.1, 0.15) is 0 Å². The van der Waals surface area contributed by atoms with Gasteiger partial charge in [-0.2, -0.15) is 13.2 Å². The van der Waals surface area contributed by atoms with Crippen molar-refractivity contribution in [1.29, 1.82) is 0 Å². The number of benzene rings is 1. The van der Waals surface area contributed by atoms with E-state index in [2.05, 4.69) is 10.4 Å². The molecule has 1 atom stereocenters. The van der Waals surface area contributed by atoms with Crippen molar-refractivity contribution in [2.45, 2.75) is 18.6 Å². The zero-order valence-electron chi connectivity index (χ0n) is 10.9. The van der Waals surface area contributed by atoms with Crippen molar-refractivity contribution < 1.29 is 13.2 Å². The first-order valence-corrected chi connectivity index (χ1v) is 6.00. The lowest BCUT2D eigenvalue weighted by atomic mass is 10.0. The molecule has 2 aromatic rings. The molecule has 0 fully saturated rings. The van der Waals surface area contributed by atoms with Gasteiger partial charge in [-0.05, 0) is 24.1 Å². The molecule has 1 heterocycles. The summed E-state index contributed by atoms with van der Waals surface area (Å²) in [4.78, 5) is 4.18. The smallest absolute Gasteiger partial charge is 0.340 e. The van der Waals surface area contributed by atoms with E-state index in [1.54, 1.807) is 10.9 Å². The second-order valence-corrected chi connectivity index (χ2v) is 4.58. The van der Waals surface area contributed by atoms with Gasteiger partial charge in [-0.15, -0.1) is 0 Å². The molecule has 0 radical (unpaired) electrons. The van der Waals surface area contributed by atoms with E-state index in [1.165, 1.54) is 12.1 Å². The van der Waals surface area contributed by atoms with Gasteiger partial charge >= 0.3 is 6.18 Å². The first kappa shape index (κ1) is 14.5. The molecule has 0 spiro atoms. The van der Waals surface area contributed by atoms with Gasteiger partial charge in [0.2, 0.25) is 0 Å². The Morgan fingerprint density at radius 2 is 1.95 bits per heavy atom. The highest BCUT2D eigenvalue weighted by Crippen LogP contribution is 2.29. The Labute approximate surface area is 114 Å². The lowest BCUT2D eigenvalue weighted by molar-refractivity contribution is -0.137. The Balaban J connectivity index is 2.12. The third kappa shape index (κ3) is 3.37.